The number of benzene rings is 1. The second-order valence-corrected chi connectivity index (χ2v) is 6.88. The molecule has 0 spiro atoms. The van der Waals surface area contributed by atoms with Crippen LogP contribution in [0.4, 0.5) is 0 Å². The third-order valence-corrected chi connectivity index (χ3v) is 3.46. The Bertz CT molecular complexity index is 318. The van der Waals surface area contributed by atoms with Gasteiger partial charge in [-0.1, -0.05) is 42.8 Å². The first-order chi connectivity index (χ1) is 6.42. The number of thioether (sulfide) groups is 1. The van der Waals surface area contributed by atoms with E-state index in [0.717, 1.165) is 10.0 Å². The fourth-order valence-electron chi connectivity index (χ4n) is 1.07. The molecule has 1 N–H and O–H groups in total. The second kappa shape index (κ2) is 4.69. The average Bonchev–Trinajstić information content (AvgIpc) is 2.01. The highest BCUT2D eigenvalue weighted by Crippen LogP contribution is 2.34. The van der Waals surface area contributed by atoms with E-state index in [4.69, 9.17) is 5.11 Å². The van der Waals surface area contributed by atoms with Crippen molar-refractivity contribution in [1.29, 1.82) is 0 Å². The quantitative estimate of drug-likeness (QED) is 0.828. The molecule has 1 aromatic rings. The summed E-state index contributed by atoms with van der Waals surface area (Å²) in [6.45, 7) is 6.64. The zero-order valence-corrected chi connectivity index (χ0v) is 11.1. The SMILES string of the molecule is CC(C)(C)Sc1ccc(CO)c(Br)c1. The molecule has 1 nitrogen and oxygen atoms in total. The third kappa shape index (κ3) is 3.64. The van der Waals surface area contributed by atoms with E-state index < -0.39 is 0 Å². The van der Waals surface area contributed by atoms with Gasteiger partial charge in [-0.05, 0) is 17.7 Å². The predicted octanol–water partition coefficient (Wildman–Crippen LogP) is 3.83. The normalized spacial score (nSPS) is 11.8. The molecule has 14 heavy (non-hydrogen) atoms. The molecule has 0 unspecified atom stereocenters. The molecule has 0 aliphatic heterocycles. The van der Waals surface area contributed by atoms with Crippen molar-refractivity contribution in [3.63, 3.8) is 0 Å². The number of aliphatic hydroxyl groups is 1. The largest absolute Gasteiger partial charge is 0.392 e. The molecule has 1 aromatic carbocycles. The van der Waals surface area contributed by atoms with Gasteiger partial charge in [-0.2, -0.15) is 0 Å². The molecular weight excluding hydrogens is 260 g/mol. The summed E-state index contributed by atoms with van der Waals surface area (Å²) in [7, 11) is 0. The van der Waals surface area contributed by atoms with Gasteiger partial charge >= 0.3 is 0 Å². The van der Waals surface area contributed by atoms with Crippen molar-refractivity contribution in [2.45, 2.75) is 37.0 Å². The minimum Gasteiger partial charge on any atom is -0.392 e. The minimum absolute atomic E-state index is 0.0844. The molecule has 78 valence electrons. The van der Waals surface area contributed by atoms with E-state index in [9.17, 15) is 0 Å². The molecule has 0 saturated heterocycles. The Balaban J connectivity index is 2.87. The molecular formula is C11H15BrOS. The topological polar surface area (TPSA) is 20.2 Å². The molecule has 0 saturated carbocycles. The van der Waals surface area contributed by atoms with Crippen molar-refractivity contribution in [2.24, 2.45) is 0 Å². The zero-order chi connectivity index (χ0) is 10.8. The van der Waals surface area contributed by atoms with Crippen LogP contribution in [0.5, 0.6) is 0 Å². The first-order valence-electron chi connectivity index (χ1n) is 4.51. The van der Waals surface area contributed by atoms with E-state index in [1.54, 1.807) is 0 Å². The zero-order valence-electron chi connectivity index (χ0n) is 8.67. The van der Waals surface area contributed by atoms with Crippen LogP contribution in [0.25, 0.3) is 0 Å². The van der Waals surface area contributed by atoms with Crippen LogP contribution in [-0.4, -0.2) is 9.85 Å². The van der Waals surface area contributed by atoms with Gasteiger partial charge in [0.15, 0.2) is 0 Å². The molecule has 0 atom stereocenters. The second-order valence-electron chi connectivity index (χ2n) is 4.13. The van der Waals surface area contributed by atoms with Gasteiger partial charge in [-0.15, -0.1) is 11.8 Å². The maximum absolute atomic E-state index is 9.01. The van der Waals surface area contributed by atoms with Gasteiger partial charge < -0.3 is 5.11 Å². The van der Waals surface area contributed by atoms with Crippen molar-refractivity contribution in [2.75, 3.05) is 0 Å². The van der Waals surface area contributed by atoms with Gasteiger partial charge in [0.1, 0.15) is 0 Å². The highest BCUT2D eigenvalue weighted by Gasteiger charge is 2.12. The van der Waals surface area contributed by atoms with Gasteiger partial charge in [0.25, 0.3) is 0 Å². The van der Waals surface area contributed by atoms with Gasteiger partial charge in [0.2, 0.25) is 0 Å². The van der Waals surface area contributed by atoms with Gasteiger partial charge in [-0.3, -0.25) is 0 Å². The smallest absolute Gasteiger partial charge is 0.0692 e. The third-order valence-electron chi connectivity index (χ3n) is 1.62. The summed E-state index contributed by atoms with van der Waals surface area (Å²) in [5.74, 6) is 0. The maximum Gasteiger partial charge on any atom is 0.0692 e. The van der Waals surface area contributed by atoms with E-state index in [1.807, 2.05) is 23.9 Å². The van der Waals surface area contributed by atoms with Crippen LogP contribution in [0.1, 0.15) is 26.3 Å². The molecule has 0 heterocycles. The summed E-state index contributed by atoms with van der Waals surface area (Å²) in [5.41, 5.74) is 0.934. The Hall–Kier alpha value is 0.01000. The van der Waals surface area contributed by atoms with Crippen LogP contribution in [0.15, 0.2) is 27.6 Å². The first kappa shape index (κ1) is 12.1. The van der Waals surface area contributed by atoms with E-state index in [1.165, 1.54) is 4.90 Å². The summed E-state index contributed by atoms with van der Waals surface area (Å²) in [5, 5.41) is 9.01. The Morgan fingerprint density at radius 2 is 2.00 bits per heavy atom. The van der Waals surface area contributed by atoms with Gasteiger partial charge in [0, 0.05) is 14.1 Å². The van der Waals surface area contributed by atoms with E-state index in [0.29, 0.717) is 0 Å². The van der Waals surface area contributed by atoms with Crippen molar-refractivity contribution in [3.8, 4) is 0 Å². The fourth-order valence-corrected chi connectivity index (χ4v) is 2.75. The lowest BCUT2D eigenvalue weighted by atomic mass is 10.2. The van der Waals surface area contributed by atoms with Crippen LogP contribution < -0.4 is 0 Å². The molecule has 0 amide bonds. The Morgan fingerprint density at radius 3 is 2.43 bits per heavy atom. The van der Waals surface area contributed by atoms with Crippen molar-refractivity contribution < 1.29 is 5.11 Å². The van der Waals surface area contributed by atoms with Crippen LogP contribution in [0, 0.1) is 0 Å². The summed E-state index contributed by atoms with van der Waals surface area (Å²) >= 11 is 5.26. The predicted molar refractivity (Wildman–Crippen MR) is 65.7 cm³/mol. The van der Waals surface area contributed by atoms with E-state index in [2.05, 4.69) is 42.8 Å². The molecule has 0 aromatic heterocycles. The van der Waals surface area contributed by atoms with Gasteiger partial charge in [0.05, 0.1) is 6.61 Å². The average molecular weight is 275 g/mol. The summed E-state index contributed by atoms with van der Waals surface area (Å²) < 4.78 is 1.20. The first-order valence-corrected chi connectivity index (χ1v) is 6.11. The molecule has 1 rings (SSSR count). The molecule has 0 radical (unpaired) electrons. The van der Waals surface area contributed by atoms with Crippen LogP contribution in [-0.2, 0) is 6.61 Å². The summed E-state index contributed by atoms with van der Waals surface area (Å²) in [4.78, 5) is 1.22. The maximum atomic E-state index is 9.01. The molecule has 0 fully saturated rings. The molecule has 3 heteroatoms. The van der Waals surface area contributed by atoms with Crippen LogP contribution in [0.2, 0.25) is 0 Å². The standard InChI is InChI=1S/C11H15BrOS/c1-11(2,3)14-9-5-4-8(7-13)10(12)6-9/h4-6,13H,7H2,1-3H3. The monoisotopic (exact) mass is 274 g/mol. The van der Waals surface area contributed by atoms with Crippen molar-refractivity contribution in [3.05, 3.63) is 28.2 Å². The lowest BCUT2D eigenvalue weighted by Gasteiger charge is -2.17. The highest BCUT2D eigenvalue weighted by atomic mass is 79.9. The lowest BCUT2D eigenvalue weighted by molar-refractivity contribution is 0.281. The number of hydrogen-bond acceptors (Lipinski definition) is 2. The Kier molecular flexibility index (Phi) is 4.04. The van der Waals surface area contributed by atoms with Crippen LogP contribution >= 0.6 is 27.7 Å². The molecule has 0 aliphatic carbocycles. The lowest BCUT2D eigenvalue weighted by Crippen LogP contribution is -2.06. The number of halogens is 1. The number of rotatable bonds is 2. The number of aliphatic hydroxyl groups excluding tert-OH is 1. The Morgan fingerprint density at radius 1 is 1.36 bits per heavy atom. The van der Waals surface area contributed by atoms with Crippen molar-refractivity contribution >= 4 is 27.7 Å². The van der Waals surface area contributed by atoms with Crippen molar-refractivity contribution in [1.82, 2.24) is 0 Å². The molecule has 0 bridgehead atoms. The van der Waals surface area contributed by atoms with Gasteiger partial charge in [-0.25, -0.2) is 0 Å². The fraction of sp³-hybridized carbons (Fsp3) is 0.455. The summed E-state index contributed by atoms with van der Waals surface area (Å²) in [6.07, 6.45) is 0. The van der Waals surface area contributed by atoms with E-state index >= 15 is 0 Å². The molecule has 0 aliphatic rings. The van der Waals surface area contributed by atoms with E-state index in [-0.39, 0.29) is 11.4 Å². The van der Waals surface area contributed by atoms with Crippen LogP contribution in [0.3, 0.4) is 0 Å². The summed E-state index contributed by atoms with van der Waals surface area (Å²) in [6, 6.07) is 6.06. The Labute approximate surface area is 98.0 Å². The number of hydrogen-bond donors (Lipinski definition) is 1. The minimum atomic E-state index is 0.0844. The highest BCUT2D eigenvalue weighted by molar-refractivity contribution is 9.10.